The molecule has 1 atom stereocenters. The predicted octanol–water partition coefficient (Wildman–Crippen LogP) is 3.19. The van der Waals surface area contributed by atoms with E-state index < -0.39 is 0 Å². The van der Waals surface area contributed by atoms with Crippen molar-refractivity contribution in [1.29, 1.82) is 0 Å². The van der Waals surface area contributed by atoms with Crippen LogP contribution in [0.25, 0.3) is 10.9 Å². The smallest absolute Gasteiger partial charge is 0.221 e. The van der Waals surface area contributed by atoms with E-state index in [4.69, 9.17) is 9.72 Å². The lowest BCUT2D eigenvalue weighted by Crippen LogP contribution is -2.33. The van der Waals surface area contributed by atoms with E-state index in [2.05, 4.69) is 22.3 Å². The SMILES string of the molecule is CCOCC1CCCN1Cc1ccc2cc(NC(C)=O)ccc2n1. The first-order chi connectivity index (χ1) is 11.7. The summed E-state index contributed by atoms with van der Waals surface area (Å²) in [7, 11) is 0. The molecular formula is C19H25N3O2. The number of carbonyl (C=O) groups is 1. The molecule has 2 aromatic rings. The van der Waals surface area contributed by atoms with E-state index in [1.54, 1.807) is 0 Å². The van der Waals surface area contributed by atoms with E-state index in [1.165, 1.54) is 19.8 Å². The molecule has 3 rings (SSSR count). The Hall–Kier alpha value is -1.98. The van der Waals surface area contributed by atoms with Crippen molar-refractivity contribution in [3.63, 3.8) is 0 Å². The first-order valence-corrected chi connectivity index (χ1v) is 8.65. The van der Waals surface area contributed by atoms with E-state index in [0.29, 0.717) is 6.04 Å². The van der Waals surface area contributed by atoms with Gasteiger partial charge in [0.2, 0.25) is 5.91 Å². The van der Waals surface area contributed by atoms with Crippen molar-refractivity contribution >= 4 is 22.5 Å². The Morgan fingerprint density at radius 3 is 3.04 bits per heavy atom. The van der Waals surface area contributed by atoms with E-state index in [-0.39, 0.29) is 5.91 Å². The quantitative estimate of drug-likeness (QED) is 0.885. The lowest BCUT2D eigenvalue weighted by molar-refractivity contribution is -0.114. The number of aromatic nitrogens is 1. The fourth-order valence-electron chi connectivity index (χ4n) is 3.29. The van der Waals surface area contributed by atoms with Gasteiger partial charge in [0.1, 0.15) is 0 Å². The van der Waals surface area contributed by atoms with Gasteiger partial charge < -0.3 is 10.1 Å². The van der Waals surface area contributed by atoms with Gasteiger partial charge in [-0.15, -0.1) is 0 Å². The van der Waals surface area contributed by atoms with Crippen molar-refractivity contribution in [2.24, 2.45) is 0 Å². The molecule has 0 radical (unpaired) electrons. The second kappa shape index (κ2) is 7.73. The van der Waals surface area contributed by atoms with Gasteiger partial charge in [-0.1, -0.05) is 6.07 Å². The van der Waals surface area contributed by atoms with Gasteiger partial charge in [0.15, 0.2) is 0 Å². The van der Waals surface area contributed by atoms with Crippen LogP contribution in [-0.2, 0) is 16.1 Å². The summed E-state index contributed by atoms with van der Waals surface area (Å²) in [5, 5.41) is 3.85. The number of carbonyl (C=O) groups excluding carboxylic acids is 1. The number of fused-ring (bicyclic) bond motifs is 1. The summed E-state index contributed by atoms with van der Waals surface area (Å²) in [4.78, 5) is 18.4. The topological polar surface area (TPSA) is 54.5 Å². The number of rotatable bonds is 6. The van der Waals surface area contributed by atoms with Gasteiger partial charge in [-0.05, 0) is 50.6 Å². The highest BCUT2D eigenvalue weighted by Gasteiger charge is 2.24. The highest BCUT2D eigenvalue weighted by molar-refractivity contribution is 5.92. The van der Waals surface area contributed by atoms with E-state index >= 15 is 0 Å². The van der Waals surface area contributed by atoms with Crippen LogP contribution in [0.2, 0.25) is 0 Å². The number of nitrogens with zero attached hydrogens (tertiary/aromatic N) is 2. The zero-order valence-corrected chi connectivity index (χ0v) is 14.4. The molecule has 1 aliphatic heterocycles. The van der Waals surface area contributed by atoms with Gasteiger partial charge >= 0.3 is 0 Å². The van der Waals surface area contributed by atoms with Crippen molar-refractivity contribution in [3.05, 3.63) is 36.0 Å². The summed E-state index contributed by atoms with van der Waals surface area (Å²) in [6.45, 7) is 7.11. The molecule has 0 spiro atoms. The predicted molar refractivity (Wildman–Crippen MR) is 96.0 cm³/mol. The molecule has 1 aromatic carbocycles. The molecule has 5 nitrogen and oxygen atoms in total. The number of pyridine rings is 1. The van der Waals surface area contributed by atoms with Crippen LogP contribution in [0.1, 0.15) is 32.4 Å². The van der Waals surface area contributed by atoms with Crippen LogP contribution in [0.3, 0.4) is 0 Å². The number of anilines is 1. The van der Waals surface area contributed by atoms with Crippen molar-refractivity contribution in [1.82, 2.24) is 9.88 Å². The highest BCUT2D eigenvalue weighted by Crippen LogP contribution is 2.22. The zero-order chi connectivity index (χ0) is 16.9. The average molecular weight is 327 g/mol. The summed E-state index contributed by atoms with van der Waals surface area (Å²) in [5.74, 6) is -0.0618. The Kier molecular flexibility index (Phi) is 5.43. The molecule has 0 saturated carbocycles. The molecule has 0 aliphatic carbocycles. The summed E-state index contributed by atoms with van der Waals surface area (Å²) < 4.78 is 5.60. The van der Waals surface area contributed by atoms with Crippen LogP contribution in [0.15, 0.2) is 30.3 Å². The molecule has 1 aromatic heterocycles. The number of hydrogen-bond donors (Lipinski definition) is 1. The molecule has 24 heavy (non-hydrogen) atoms. The maximum Gasteiger partial charge on any atom is 0.221 e. The average Bonchev–Trinajstić information content (AvgIpc) is 2.99. The monoisotopic (exact) mass is 327 g/mol. The standard InChI is InChI=1S/C19H25N3O2/c1-3-24-13-18-5-4-10-22(18)12-17-7-6-15-11-16(20-14(2)23)8-9-19(15)21-17/h6-9,11,18H,3-5,10,12-13H2,1-2H3,(H,20,23). The first-order valence-electron chi connectivity index (χ1n) is 8.65. The largest absolute Gasteiger partial charge is 0.380 e. The van der Waals surface area contributed by atoms with Gasteiger partial charge in [-0.3, -0.25) is 14.7 Å². The number of ether oxygens (including phenoxy) is 1. The number of nitrogens with one attached hydrogen (secondary N) is 1. The molecule has 1 aliphatic rings. The minimum absolute atomic E-state index is 0.0618. The fourth-order valence-corrected chi connectivity index (χ4v) is 3.29. The van der Waals surface area contributed by atoms with Gasteiger partial charge in [0.25, 0.3) is 0 Å². The molecule has 2 heterocycles. The second-order valence-electron chi connectivity index (χ2n) is 6.32. The molecule has 0 bridgehead atoms. The van der Waals surface area contributed by atoms with Crippen LogP contribution >= 0.6 is 0 Å². The lowest BCUT2D eigenvalue weighted by Gasteiger charge is -2.23. The van der Waals surface area contributed by atoms with Crippen LogP contribution in [0.5, 0.6) is 0 Å². The Morgan fingerprint density at radius 1 is 1.38 bits per heavy atom. The van der Waals surface area contributed by atoms with Crippen LogP contribution in [-0.4, -0.2) is 41.6 Å². The maximum atomic E-state index is 11.2. The number of benzene rings is 1. The summed E-state index contributed by atoms with van der Waals surface area (Å²) in [6, 6.07) is 10.5. The number of likely N-dealkylation sites (tertiary alicyclic amines) is 1. The molecule has 1 amide bonds. The summed E-state index contributed by atoms with van der Waals surface area (Å²) >= 11 is 0. The van der Waals surface area contributed by atoms with E-state index in [1.807, 2.05) is 25.1 Å². The molecular weight excluding hydrogens is 302 g/mol. The van der Waals surface area contributed by atoms with Gasteiger partial charge in [-0.25, -0.2) is 0 Å². The minimum Gasteiger partial charge on any atom is -0.380 e. The van der Waals surface area contributed by atoms with Gasteiger partial charge in [0, 0.05) is 37.2 Å². The van der Waals surface area contributed by atoms with E-state index in [9.17, 15) is 4.79 Å². The van der Waals surface area contributed by atoms with Gasteiger partial charge in [0.05, 0.1) is 17.8 Å². The Balaban J connectivity index is 1.72. The molecule has 1 saturated heterocycles. The Labute approximate surface area is 143 Å². The third-order valence-corrected chi connectivity index (χ3v) is 4.45. The third-order valence-electron chi connectivity index (χ3n) is 4.45. The van der Waals surface area contributed by atoms with Crippen molar-refractivity contribution in [2.45, 2.75) is 39.3 Å². The number of hydrogen-bond acceptors (Lipinski definition) is 4. The van der Waals surface area contributed by atoms with Crippen molar-refractivity contribution < 1.29 is 9.53 Å². The van der Waals surface area contributed by atoms with Crippen LogP contribution in [0.4, 0.5) is 5.69 Å². The Morgan fingerprint density at radius 2 is 2.25 bits per heavy atom. The molecule has 5 heteroatoms. The minimum atomic E-state index is -0.0618. The van der Waals surface area contributed by atoms with Crippen molar-refractivity contribution in [3.8, 4) is 0 Å². The van der Waals surface area contributed by atoms with Crippen LogP contribution < -0.4 is 5.32 Å². The van der Waals surface area contributed by atoms with Crippen molar-refractivity contribution in [2.75, 3.05) is 25.1 Å². The summed E-state index contributed by atoms with van der Waals surface area (Å²) in [6.07, 6.45) is 2.43. The highest BCUT2D eigenvalue weighted by atomic mass is 16.5. The second-order valence-corrected chi connectivity index (χ2v) is 6.32. The lowest BCUT2D eigenvalue weighted by atomic mass is 10.1. The zero-order valence-electron chi connectivity index (χ0n) is 14.4. The molecule has 128 valence electrons. The molecule has 1 fully saturated rings. The third kappa shape index (κ3) is 4.10. The summed E-state index contributed by atoms with van der Waals surface area (Å²) in [5.41, 5.74) is 2.85. The van der Waals surface area contributed by atoms with Crippen LogP contribution in [0, 0.1) is 0 Å². The molecule has 1 unspecified atom stereocenters. The van der Waals surface area contributed by atoms with E-state index in [0.717, 1.165) is 48.6 Å². The maximum absolute atomic E-state index is 11.2. The first kappa shape index (κ1) is 16.9. The molecule has 1 N–H and O–H groups in total. The number of amides is 1. The normalized spacial score (nSPS) is 18.2. The Bertz CT molecular complexity index is 717. The van der Waals surface area contributed by atoms with Gasteiger partial charge in [-0.2, -0.15) is 0 Å². The fraction of sp³-hybridized carbons (Fsp3) is 0.474.